The molecule has 6 heteroatoms. The van der Waals surface area contributed by atoms with Gasteiger partial charge in [0.1, 0.15) is 0 Å². The topological polar surface area (TPSA) is 63.7 Å². The maximum Gasteiger partial charge on any atom is 0.338 e. The van der Waals surface area contributed by atoms with E-state index in [9.17, 15) is 14.4 Å². The number of nitrogens with zero attached hydrogens (tertiary/aromatic N) is 1. The molecule has 19 heavy (non-hydrogen) atoms. The number of methoxy groups -OCH3 is 1. The van der Waals surface area contributed by atoms with Gasteiger partial charge in [0.05, 0.1) is 19.2 Å². The highest BCUT2D eigenvalue weighted by Gasteiger charge is 2.27. The van der Waals surface area contributed by atoms with Gasteiger partial charge in [-0.25, -0.2) is 4.79 Å². The minimum Gasteiger partial charge on any atom is -0.465 e. The molecule has 0 bridgehead atoms. The first-order chi connectivity index (χ1) is 9.13. The van der Waals surface area contributed by atoms with Crippen molar-refractivity contribution in [1.82, 2.24) is 4.90 Å². The molecule has 100 valence electrons. The Balaban J connectivity index is 2.25. The lowest BCUT2D eigenvalue weighted by Gasteiger charge is -2.24. The second-order valence-corrected chi connectivity index (χ2v) is 5.04. The predicted octanol–water partition coefficient (Wildman–Crippen LogP) is 2.06. The van der Waals surface area contributed by atoms with Crippen molar-refractivity contribution in [3.05, 3.63) is 35.4 Å². The molecule has 0 aromatic heterocycles. The van der Waals surface area contributed by atoms with E-state index in [2.05, 4.69) is 4.74 Å². The quantitative estimate of drug-likeness (QED) is 0.792. The molecule has 1 aromatic carbocycles. The minimum atomic E-state index is -0.472. The zero-order valence-corrected chi connectivity index (χ0v) is 11.2. The van der Waals surface area contributed by atoms with Crippen molar-refractivity contribution in [2.45, 2.75) is 13.0 Å². The molecule has 1 aliphatic heterocycles. The van der Waals surface area contributed by atoms with Gasteiger partial charge in [-0.1, -0.05) is 30.0 Å². The highest BCUT2D eigenvalue weighted by molar-refractivity contribution is 8.13. The Bertz CT molecular complexity index is 513. The van der Waals surface area contributed by atoms with Crippen LogP contribution in [0.1, 0.15) is 22.3 Å². The molecule has 0 aliphatic carbocycles. The van der Waals surface area contributed by atoms with Gasteiger partial charge in [-0.05, 0) is 11.6 Å². The molecular formula is C13H13NO4S. The Morgan fingerprint density at radius 2 is 2.11 bits per heavy atom. The summed E-state index contributed by atoms with van der Waals surface area (Å²) in [5.74, 6) is -0.157. The summed E-state index contributed by atoms with van der Waals surface area (Å²) in [6.07, 6.45) is 0.344. The number of rotatable bonds is 3. The van der Waals surface area contributed by atoms with Gasteiger partial charge in [0, 0.05) is 12.2 Å². The molecule has 1 aromatic rings. The van der Waals surface area contributed by atoms with E-state index in [1.54, 1.807) is 24.3 Å². The number of hydrogen-bond acceptors (Lipinski definition) is 5. The molecule has 0 N–H and O–H groups in total. The summed E-state index contributed by atoms with van der Waals surface area (Å²) in [4.78, 5) is 36.2. The molecule has 5 nitrogen and oxygen atoms in total. The molecule has 1 heterocycles. The Morgan fingerprint density at radius 1 is 1.37 bits per heavy atom. The van der Waals surface area contributed by atoms with Crippen LogP contribution in [0.25, 0.3) is 0 Å². The highest BCUT2D eigenvalue weighted by atomic mass is 32.2. The monoisotopic (exact) mass is 279 g/mol. The van der Waals surface area contributed by atoms with Gasteiger partial charge in [0.2, 0.25) is 5.91 Å². The zero-order chi connectivity index (χ0) is 13.8. The summed E-state index contributed by atoms with van der Waals surface area (Å²) < 4.78 is 4.69. The van der Waals surface area contributed by atoms with Crippen molar-refractivity contribution in [1.29, 1.82) is 0 Å². The van der Waals surface area contributed by atoms with Crippen LogP contribution < -0.4 is 0 Å². The van der Waals surface area contributed by atoms with Crippen LogP contribution >= 0.6 is 11.8 Å². The number of hydrogen-bond donors (Lipinski definition) is 0. The highest BCUT2D eigenvalue weighted by Crippen LogP contribution is 2.22. The van der Waals surface area contributed by atoms with Crippen LogP contribution in [0.5, 0.6) is 0 Å². The first kappa shape index (κ1) is 13.6. The van der Waals surface area contributed by atoms with Gasteiger partial charge in [-0.3, -0.25) is 14.5 Å². The van der Waals surface area contributed by atoms with Crippen LogP contribution in [-0.4, -0.2) is 34.9 Å². The molecule has 1 fully saturated rings. The predicted molar refractivity (Wildman–Crippen MR) is 70.8 cm³/mol. The van der Waals surface area contributed by atoms with Crippen LogP contribution in [0.4, 0.5) is 4.79 Å². The van der Waals surface area contributed by atoms with Gasteiger partial charge in [0.15, 0.2) is 0 Å². The van der Waals surface area contributed by atoms with E-state index in [1.807, 2.05) is 0 Å². The van der Waals surface area contributed by atoms with Gasteiger partial charge in [-0.15, -0.1) is 0 Å². The number of esters is 1. The molecule has 2 rings (SSSR count). The van der Waals surface area contributed by atoms with Crippen LogP contribution in [-0.2, 0) is 16.1 Å². The van der Waals surface area contributed by atoms with Gasteiger partial charge in [-0.2, -0.15) is 0 Å². The second-order valence-electron chi connectivity index (χ2n) is 3.99. The van der Waals surface area contributed by atoms with E-state index >= 15 is 0 Å². The number of carbonyl (C=O) groups is 3. The third kappa shape index (κ3) is 2.96. The fourth-order valence-corrected chi connectivity index (χ4v) is 2.60. The van der Waals surface area contributed by atoms with Gasteiger partial charge >= 0.3 is 5.97 Å². The summed E-state index contributed by atoms with van der Waals surface area (Å²) in [7, 11) is 1.30. The number of ether oxygens (including phenoxy) is 1. The molecular weight excluding hydrogens is 266 g/mol. The SMILES string of the molecule is COC(=O)c1ccccc1CN1C(=O)CCSC1=O. The van der Waals surface area contributed by atoms with E-state index in [0.717, 1.165) is 11.8 Å². The second kappa shape index (κ2) is 5.88. The first-order valence-corrected chi connectivity index (χ1v) is 6.75. The van der Waals surface area contributed by atoms with Crippen molar-refractivity contribution < 1.29 is 19.1 Å². The van der Waals surface area contributed by atoms with E-state index in [1.165, 1.54) is 12.0 Å². The summed E-state index contributed by atoms with van der Waals surface area (Å²) in [6.45, 7) is 0.107. The Labute approximate surface area is 114 Å². The fraction of sp³-hybridized carbons (Fsp3) is 0.308. The van der Waals surface area contributed by atoms with E-state index in [-0.39, 0.29) is 17.7 Å². The van der Waals surface area contributed by atoms with Crippen molar-refractivity contribution in [3.63, 3.8) is 0 Å². The lowest BCUT2D eigenvalue weighted by Crippen LogP contribution is -2.37. The van der Waals surface area contributed by atoms with Crippen molar-refractivity contribution in [3.8, 4) is 0 Å². The third-order valence-electron chi connectivity index (χ3n) is 2.81. The lowest BCUT2D eigenvalue weighted by atomic mass is 10.1. The van der Waals surface area contributed by atoms with Crippen molar-refractivity contribution >= 4 is 28.9 Å². The van der Waals surface area contributed by atoms with Crippen molar-refractivity contribution in [2.75, 3.05) is 12.9 Å². The van der Waals surface area contributed by atoms with Gasteiger partial charge < -0.3 is 4.74 Å². The molecule has 0 spiro atoms. The van der Waals surface area contributed by atoms with E-state index < -0.39 is 5.97 Å². The number of carbonyl (C=O) groups excluding carboxylic acids is 3. The number of benzene rings is 1. The van der Waals surface area contributed by atoms with Gasteiger partial charge in [0.25, 0.3) is 5.24 Å². The van der Waals surface area contributed by atoms with Crippen LogP contribution in [0.15, 0.2) is 24.3 Å². The van der Waals surface area contributed by atoms with Crippen LogP contribution in [0.3, 0.4) is 0 Å². The molecule has 0 radical (unpaired) electrons. The third-order valence-corrected chi connectivity index (χ3v) is 3.69. The summed E-state index contributed by atoms with van der Waals surface area (Å²) in [5, 5.41) is -0.268. The van der Waals surface area contributed by atoms with Crippen molar-refractivity contribution in [2.24, 2.45) is 0 Å². The normalized spacial score (nSPS) is 15.5. The molecule has 2 amide bonds. The number of amides is 2. The summed E-state index contributed by atoms with van der Waals surface area (Å²) in [5.41, 5.74) is 0.986. The fourth-order valence-electron chi connectivity index (χ4n) is 1.83. The maximum atomic E-state index is 11.7. The first-order valence-electron chi connectivity index (χ1n) is 5.77. The molecule has 1 aliphatic rings. The number of thioether (sulfide) groups is 1. The molecule has 1 saturated heterocycles. The Kier molecular flexibility index (Phi) is 4.21. The average molecular weight is 279 g/mol. The molecule has 0 atom stereocenters. The lowest BCUT2D eigenvalue weighted by molar-refractivity contribution is -0.128. The molecule has 0 unspecified atom stereocenters. The maximum absolute atomic E-state index is 11.7. The minimum absolute atomic E-state index is 0.107. The number of imide groups is 1. The zero-order valence-electron chi connectivity index (χ0n) is 10.4. The van der Waals surface area contributed by atoms with Crippen LogP contribution in [0.2, 0.25) is 0 Å². The smallest absolute Gasteiger partial charge is 0.338 e. The average Bonchev–Trinajstić information content (AvgIpc) is 2.42. The largest absolute Gasteiger partial charge is 0.465 e. The Hall–Kier alpha value is -1.82. The molecule has 0 saturated carbocycles. The van der Waals surface area contributed by atoms with E-state index in [0.29, 0.717) is 23.3 Å². The Morgan fingerprint density at radius 3 is 2.79 bits per heavy atom. The van der Waals surface area contributed by atoms with E-state index in [4.69, 9.17) is 0 Å². The van der Waals surface area contributed by atoms with Crippen LogP contribution in [0, 0.1) is 0 Å². The standard InChI is InChI=1S/C13H13NO4S/c1-18-12(16)10-5-3-2-4-9(10)8-14-11(15)6-7-19-13(14)17/h2-5H,6-8H2,1H3. The summed E-state index contributed by atoms with van der Waals surface area (Å²) >= 11 is 1.12. The summed E-state index contributed by atoms with van der Waals surface area (Å²) in [6, 6.07) is 6.80.